The second kappa shape index (κ2) is 3.27. The Morgan fingerprint density at radius 1 is 0.688 bits per heavy atom. The van der Waals surface area contributed by atoms with Crippen LogP contribution in [0.4, 0.5) is 0 Å². The number of benzene rings is 2. The molecule has 0 saturated heterocycles. The van der Waals surface area contributed by atoms with Crippen LogP contribution in [0.2, 0.25) is 0 Å². The number of hydrogen-bond acceptors (Lipinski definition) is 2. The van der Waals surface area contributed by atoms with E-state index >= 15 is 0 Å². The Labute approximate surface area is 94.0 Å². The summed E-state index contributed by atoms with van der Waals surface area (Å²) in [6.07, 6.45) is 0. The smallest absolute Gasteiger partial charge is 0.0923 e. The zero-order valence-corrected chi connectivity index (χ0v) is 9.36. The van der Waals surface area contributed by atoms with Crippen LogP contribution in [0.5, 0.6) is 0 Å². The van der Waals surface area contributed by atoms with E-state index in [4.69, 9.17) is 4.98 Å². The topological polar surface area (TPSA) is 25.8 Å². The van der Waals surface area contributed by atoms with Crippen LogP contribution in [0, 0.1) is 13.8 Å². The second-order valence-corrected chi connectivity index (χ2v) is 4.11. The third-order valence-corrected chi connectivity index (χ3v) is 2.90. The summed E-state index contributed by atoms with van der Waals surface area (Å²) in [6, 6.07) is 12.2. The number of nitrogens with zero attached hydrogens (tertiary/aromatic N) is 2. The number of aryl methyl sites for hydroxylation is 2. The molecular weight excluding hydrogens is 196 g/mol. The van der Waals surface area contributed by atoms with Gasteiger partial charge < -0.3 is 0 Å². The molecule has 0 spiro atoms. The molecule has 0 N–H and O–H groups in total. The fourth-order valence-corrected chi connectivity index (χ4v) is 2.00. The van der Waals surface area contributed by atoms with Gasteiger partial charge in [0.05, 0.1) is 22.1 Å². The maximum atomic E-state index is 4.71. The van der Waals surface area contributed by atoms with Crippen molar-refractivity contribution in [2.75, 3.05) is 0 Å². The van der Waals surface area contributed by atoms with E-state index in [2.05, 4.69) is 31.0 Å². The third kappa shape index (κ3) is 1.27. The maximum Gasteiger partial charge on any atom is 0.0923 e. The van der Waals surface area contributed by atoms with Crippen molar-refractivity contribution >= 4 is 22.1 Å². The maximum absolute atomic E-state index is 4.71. The number of hydrogen-bond donors (Lipinski definition) is 0. The highest BCUT2D eigenvalue weighted by Crippen LogP contribution is 2.20. The van der Waals surface area contributed by atoms with Crippen molar-refractivity contribution < 1.29 is 0 Å². The first-order chi connectivity index (χ1) is 7.75. The fraction of sp³-hybridized carbons (Fsp3) is 0.143. The molecule has 0 aliphatic carbocycles. The standard InChI is InChI=1S/C14H12N2/c1-9-5-3-7-11-13(9)16-14-10(2)6-4-8-12(14)15-11/h3-8H,1-2H3. The van der Waals surface area contributed by atoms with Crippen LogP contribution in [0.25, 0.3) is 22.1 Å². The lowest BCUT2D eigenvalue weighted by Gasteiger charge is -2.04. The molecule has 16 heavy (non-hydrogen) atoms. The molecule has 0 fully saturated rings. The van der Waals surface area contributed by atoms with Gasteiger partial charge >= 0.3 is 0 Å². The lowest BCUT2D eigenvalue weighted by molar-refractivity contribution is 1.33. The molecule has 2 aromatic carbocycles. The summed E-state index contributed by atoms with van der Waals surface area (Å²) in [5.74, 6) is 0. The molecule has 0 amide bonds. The molecule has 2 heteroatoms. The lowest BCUT2D eigenvalue weighted by atomic mass is 10.1. The van der Waals surface area contributed by atoms with Crippen molar-refractivity contribution in [3.8, 4) is 0 Å². The zero-order valence-electron chi connectivity index (χ0n) is 9.36. The molecule has 0 aliphatic rings. The van der Waals surface area contributed by atoms with Gasteiger partial charge in [0.25, 0.3) is 0 Å². The van der Waals surface area contributed by atoms with Gasteiger partial charge in [-0.15, -0.1) is 0 Å². The second-order valence-electron chi connectivity index (χ2n) is 4.11. The molecule has 0 unspecified atom stereocenters. The minimum atomic E-state index is 0.970. The van der Waals surface area contributed by atoms with Gasteiger partial charge in [-0.3, -0.25) is 0 Å². The summed E-state index contributed by atoms with van der Waals surface area (Å²) in [5.41, 5.74) is 6.30. The largest absolute Gasteiger partial charge is 0.244 e. The van der Waals surface area contributed by atoms with Crippen LogP contribution in [0.15, 0.2) is 36.4 Å². The molecule has 0 saturated carbocycles. The van der Waals surface area contributed by atoms with E-state index in [1.165, 1.54) is 11.1 Å². The Morgan fingerprint density at radius 3 is 1.69 bits per heavy atom. The van der Waals surface area contributed by atoms with E-state index in [0.29, 0.717) is 0 Å². The third-order valence-electron chi connectivity index (χ3n) is 2.90. The predicted octanol–water partition coefficient (Wildman–Crippen LogP) is 3.40. The lowest BCUT2D eigenvalue weighted by Crippen LogP contribution is -1.91. The highest BCUT2D eigenvalue weighted by atomic mass is 14.8. The summed E-state index contributed by atoms with van der Waals surface area (Å²) in [6.45, 7) is 4.14. The Balaban J connectivity index is 2.55. The molecule has 78 valence electrons. The predicted molar refractivity (Wildman–Crippen MR) is 66.5 cm³/mol. The fourth-order valence-electron chi connectivity index (χ4n) is 2.00. The Bertz CT molecular complexity index is 630. The summed E-state index contributed by atoms with van der Waals surface area (Å²) in [5, 5.41) is 0. The van der Waals surface area contributed by atoms with Crippen molar-refractivity contribution in [1.29, 1.82) is 0 Å². The van der Waals surface area contributed by atoms with E-state index in [9.17, 15) is 0 Å². The van der Waals surface area contributed by atoms with Crippen molar-refractivity contribution in [3.05, 3.63) is 47.5 Å². The minimum absolute atomic E-state index is 0.970. The number of fused-ring (bicyclic) bond motifs is 2. The van der Waals surface area contributed by atoms with Gasteiger partial charge in [-0.25, -0.2) is 9.97 Å². The van der Waals surface area contributed by atoms with E-state index in [1.807, 2.05) is 24.3 Å². The van der Waals surface area contributed by atoms with Crippen molar-refractivity contribution in [1.82, 2.24) is 9.97 Å². The van der Waals surface area contributed by atoms with Crippen LogP contribution in [-0.2, 0) is 0 Å². The van der Waals surface area contributed by atoms with Gasteiger partial charge in [0.1, 0.15) is 0 Å². The summed E-state index contributed by atoms with van der Waals surface area (Å²) < 4.78 is 0. The molecule has 0 radical (unpaired) electrons. The minimum Gasteiger partial charge on any atom is -0.244 e. The molecule has 2 nitrogen and oxygen atoms in total. The van der Waals surface area contributed by atoms with Crippen LogP contribution < -0.4 is 0 Å². The summed E-state index contributed by atoms with van der Waals surface area (Å²) in [4.78, 5) is 9.35. The monoisotopic (exact) mass is 208 g/mol. The van der Waals surface area contributed by atoms with Crippen LogP contribution in [-0.4, -0.2) is 9.97 Å². The number of para-hydroxylation sites is 2. The highest BCUT2D eigenvalue weighted by Gasteiger charge is 2.04. The molecule has 1 aromatic heterocycles. The average Bonchev–Trinajstić information content (AvgIpc) is 2.28. The Hall–Kier alpha value is -1.96. The molecule has 1 heterocycles. The highest BCUT2D eigenvalue weighted by molar-refractivity contribution is 5.89. The van der Waals surface area contributed by atoms with Gasteiger partial charge in [0, 0.05) is 0 Å². The van der Waals surface area contributed by atoms with E-state index < -0.39 is 0 Å². The van der Waals surface area contributed by atoms with Gasteiger partial charge in [-0.2, -0.15) is 0 Å². The zero-order chi connectivity index (χ0) is 11.1. The van der Waals surface area contributed by atoms with Gasteiger partial charge in [-0.1, -0.05) is 24.3 Å². The number of rotatable bonds is 0. The van der Waals surface area contributed by atoms with Crippen LogP contribution in [0.1, 0.15) is 11.1 Å². The molecular formula is C14H12N2. The van der Waals surface area contributed by atoms with Crippen molar-refractivity contribution in [2.24, 2.45) is 0 Å². The van der Waals surface area contributed by atoms with Crippen LogP contribution >= 0.6 is 0 Å². The van der Waals surface area contributed by atoms with Crippen LogP contribution in [0.3, 0.4) is 0 Å². The SMILES string of the molecule is Cc1cccc2nc3cccc(C)c3nc12. The average molecular weight is 208 g/mol. The van der Waals surface area contributed by atoms with Crippen molar-refractivity contribution in [3.63, 3.8) is 0 Å². The Morgan fingerprint density at radius 2 is 1.19 bits per heavy atom. The molecule has 3 aromatic rings. The van der Waals surface area contributed by atoms with Gasteiger partial charge in [-0.05, 0) is 37.1 Å². The molecule has 0 atom stereocenters. The summed E-state index contributed by atoms with van der Waals surface area (Å²) in [7, 11) is 0. The van der Waals surface area contributed by atoms with Gasteiger partial charge in [0.15, 0.2) is 0 Å². The van der Waals surface area contributed by atoms with E-state index in [-0.39, 0.29) is 0 Å². The molecule has 0 bridgehead atoms. The quantitative estimate of drug-likeness (QED) is 0.529. The van der Waals surface area contributed by atoms with E-state index in [1.54, 1.807) is 0 Å². The normalized spacial score (nSPS) is 11.1. The molecule has 0 aliphatic heterocycles. The number of aromatic nitrogens is 2. The Kier molecular flexibility index (Phi) is 1.90. The first kappa shape index (κ1) is 9.28. The first-order valence-electron chi connectivity index (χ1n) is 5.38. The molecule has 3 rings (SSSR count). The van der Waals surface area contributed by atoms with Crippen molar-refractivity contribution in [2.45, 2.75) is 13.8 Å². The first-order valence-corrected chi connectivity index (χ1v) is 5.38. The van der Waals surface area contributed by atoms with E-state index in [0.717, 1.165) is 22.1 Å². The summed E-state index contributed by atoms with van der Waals surface area (Å²) >= 11 is 0. The van der Waals surface area contributed by atoms with Gasteiger partial charge in [0.2, 0.25) is 0 Å².